The van der Waals surface area contributed by atoms with Gasteiger partial charge in [-0.05, 0) is 76.0 Å². The van der Waals surface area contributed by atoms with Crippen molar-refractivity contribution in [2.24, 2.45) is 0 Å². The molecule has 0 aliphatic rings. The second-order valence-corrected chi connectivity index (χ2v) is 9.75. The molecule has 0 saturated heterocycles. The Hall–Kier alpha value is -4.11. The van der Waals surface area contributed by atoms with E-state index in [9.17, 15) is 19.5 Å². The highest BCUT2D eigenvalue weighted by atomic mass is 16.5. The molecule has 3 N–H and O–H groups in total. The average Bonchev–Trinajstić information content (AvgIpc) is 3.02. The maximum Gasteiger partial charge on any atom is 0.411 e. The number of nitrogens with one attached hydrogen (secondary N) is 2. The Morgan fingerprint density at radius 1 is 0.841 bits per heavy atom. The summed E-state index contributed by atoms with van der Waals surface area (Å²) in [5.41, 5.74) is 0.162. The summed E-state index contributed by atoms with van der Waals surface area (Å²) >= 11 is 0. The number of ether oxygens (including phenoxy) is 3. The van der Waals surface area contributed by atoms with E-state index < -0.39 is 18.2 Å². The van der Waals surface area contributed by atoms with Gasteiger partial charge in [-0.1, -0.05) is 74.6 Å². The topological polar surface area (TPSA) is 123 Å². The highest BCUT2D eigenvalue weighted by Gasteiger charge is 2.17. The van der Waals surface area contributed by atoms with E-state index in [-0.39, 0.29) is 36.1 Å². The molecule has 0 spiro atoms. The summed E-state index contributed by atoms with van der Waals surface area (Å²) in [6.07, 6.45) is 28.8. The maximum absolute atomic E-state index is 12.4. The molecule has 44 heavy (non-hydrogen) atoms. The van der Waals surface area contributed by atoms with Crippen molar-refractivity contribution in [2.45, 2.75) is 77.7 Å². The van der Waals surface area contributed by atoms with Gasteiger partial charge in [0, 0.05) is 12.3 Å². The molecule has 1 aromatic carbocycles. The fourth-order valence-corrected chi connectivity index (χ4v) is 3.81. The quantitative estimate of drug-likeness (QED) is 0.0536. The molecule has 0 aromatic heterocycles. The van der Waals surface area contributed by atoms with Gasteiger partial charge in [0.05, 0.1) is 13.7 Å². The van der Waals surface area contributed by atoms with E-state index in [4.69, 9.17) is 9.47 Å². The molecule has 9 heteroatoms. The van der Waals surface area contributed by atoms with Crippen LogP contribution in [0.2, 0.25) is 0 Å². The number of benzene rings is 1. The van der Waals surface area contributed by atoms with Crippen LogP contribution in [0.3, 0.4) is 0 Å². The van der Waals surface area contributed by atoms with Crippen molar-refractivity contribution < 1.29 is 33.7 Å². The lowest BCUT2D eigenvalue weighted by Crippen LogP contribution is -2.38. The molecule has 242 valence electrons. The van der Waals surface area contributed by atoms with E-state index in [2.05, 4.69) is 83.1 Å². The highest BCUT2D eigenvalue weighted by molar-refractivity contribution is 5.95. The Labute approximate surface area is 262 Å². The average molecular weight is 611 g/mol. The first-order chi connectivity index (χ1) is 21.4. The number of allylic oxidation sites excluding steroid dienone is 10. The van der Waals surface area contributed by atoms with E-state index >= 15 is 0 Å². The molecule has 0 bridgehead atoms. The van der Waals surface area contributed by atoms with Crippen molar-refractivity contribution in [2.75, 3.05) is 32.2 Å². The van der Waals surface area contributed by atoms with Crippen molar-refractivity contribution in [1.29, 1.82) is 0 Å². The minimum atomic E-state index is -0.767. The zero-order valence-electron chi connectivity index (χ0n) is 26.5. The number of hydrogen-bond acceptors (Lipinski definition) is 7. The molecule has 0 fully saturated rings. The molecule has 0 heterocycles. The van der Waals surface area contributed by atoms with E-state index in [1.54, 1.807) is 0 Å². The van der Waals surface area contributed by atoms with Crippen LogP contribution in [0.1, 0.15) is 82.0 Å². The van der Waals surface area contributed by atoms with Crippen LogP contribution in [0.4, 0.5) is 10.5 Å². The fraction of sp³-hybridized carbons (Fsp3) is 0.457. The maximum atomic E-state index is 12.4. The first-order valence-electron chi connectivity index (χ1n) is 15.4. The monoisotopic (exact) mass is 610 g/mol. The third-order valence-electron chi connectivity index (χ3n) is 6.19. The van der Waals surface area contributed by atoms with Gasteiger partial charge < -0.3 is 24.6 Å². The molecule has 0 aliphatic heterocycles. The summed E-state index contributed by atoms with van der Waals surface area (Å²) in [6.45, 7) is 4.59. The lowest BCUT2D eigenvalue weighted by atomic mass is 10.2. The lowest BCUT2D eigenvalue weighted by Gasteiger charge is -2.16. The summed E-state index contributed by atoms with van der Waals surface area (Å²) in [5, 5.41) is 14.9. The predicted molar refractivity (Wildman–Crippen MR) is 176 cm³/mol. The number of carbonyl (C=O) groups is 3. The summed E-state index contributed by atoms with van der Waals surface area (Å²) in [6, 6.07) is 3.95. The number of carbonyl (C=O) groups excluding carboxylic acids is 3. The lowest BCUT2D eigenvalue weighted by molar-refractivity contribution is -0.133. The number of unbranched alkanes of at least 4 members (excludes halogenated alkanes) is 2. The number of phenols is 1. The number of rotatable bonds is 22. The highest BCUT2D eigenvalue weighted by Crippen LogP contribution is 2.22. The standard InChI is InChI=1S/C35H50N2O7/c1-4-6-7-8-9-10-11-12-13-14-15-16-17-18-19-20-21-22-26-43-32(5-2)33(39)36-25-27-44-35(41)37-29-23-24-31(38)30(28-29)34(40)42-3/h6-7,9-10,12-13,15-16,18-19,23-24,28,32,38H,4-5,8,11,14,17,20-22,25-27H2,1-3H3,(H,36,39)(H,37,41). The summed E-state index contributed by atoms with van der Waals surface area (Å²) in [5.74, 6) is -1.26. The van der Waals surface area contributed by atoms with Gasteiger partial charge in [-0.15, -0.1) is 0 Å². The summed E-state index contributed by atoms with van der Waals surface area (Å²) in [4.78, 5) is 36.1. The molecule has 0 saturated carbocycles. The molecule has 9 nitrogen and oxygen atoms in total. The number of amides is 2. The second kappa shape index (κ2) is 25.4. The van der Waals surface area contributed by atoms with Crippen molar-refractivity contribution in [3.8, 4) is 5.75 Å². The SMILES string of the molecule is CCC=CCC=CCC=CCC=CCC=CCCCCOC(CC)C(=O)NCCOC(=O)Nc1ccc(O)c(C(=O)OC)c1. The Bertz CT molecular complexity index is 1120. The van der Waals surface area contributed by atoms with Gasteiger partial charge >= 0.3 is 12.1 Å². The Balaban J connectivity index is 2.12. The molecule has 1 unspecified atom stereocenters. The zero-order valence-corrected chi connectivity index (χ0v) is 26.5. The van der Waals surface area contributed by atoms with Crippen LogP contribution in [0.25, 0.3) is 0 Å². The van der Waals surface area contributed by atoms with Crippen molar-refractivity contribution in [1.82, 2.24) is 5.32 Å². The molecule has 0 radical (unpaired) electrons. The molecule has 1 atom stereocenters. The summed E-state index contributed by atoms with van der Waals surface area (Å²) in [7, 11) is 1.19. The van der Waals surface area contributed by atoms with Gasteiger partial charge in [-0.3, -0.25) is 10.1 Å². The van der Waals surface area contributed by atoms with E-state index in [0.29, 0.717) is 13.0 Å². The second-order valence-electron chi connectivity index (χ2n) is 9.75. The zero-order chi connectivity index (χ0) is 32.3. The third kappa shape index (κ3) is 18.4. The number of esters is 1. The van der Waals surface area contributed by atoms with Gasteiger partial charge in [-0.2, -0.15) is 0 Å². The van der Waals surface area contributed by atoms with E-state index in [1.807, 2.05) is 6.92 Å². The van der Waals surface area contributed by atoms with E-state index in [0.717, 1.165) is 51.4 Å². The van der Waals surface area contributed by atoms with Gasteiger partial charge in [0.15, 0.2) is 0 Å². The Kier molecular flexibility index (Phi) is 21.9. The molecule has 0 aliphatic carbocycles. The molecule has 1 rings (SSSR count). The van der Waals surface area contributed by atoms with Crippen molar-refractivity contribution in [3.63, 3.8) is 0 Å². The molecule has 2 amide bonds. The van der Waals surface area contributed by atoms with Crippen LogP contribution in [0.5, 0.6) is 5.75 Å². The Morgan fingerprint density at radius 3 is 2.05 bits per heavy atom. The van der Waals surface area contributed by atoms with Crippen LogP contribution >= 0.6 is 0 Å². The van der Waals surface area contributed by atoms with Gasteiger partial charge in [0.2, 0.25) is 5.91 Å². The smallest absolute Gasteiger partial charge is 0.411 e. The third-order valence-corrected chi connectivity index (χ3v) is 6.19. The van der Waals surface area contributed by atoms with Crippen LogP contribution in [0, 0.1) is 0 Å². The summed E-state index contributed by atoms with van der Waals surface area (Å²) < 4.78 is 15.4. The minimum absolute atomic E-state index is 0.0524. The fourth-order valence-electron chi connectivity index (χ4n) is 3.81. The number of aromatic hydroxyl groups is 1. The van der Waals surface area contributed by atoms with Crippen LogP contribution < -0.4 is 10.6 Å². The minimum Gasteiger partial charge on any atom is -0.507 e. The van der Waals surface area contributed by atoms with Crippen LogP contribution in [-0.4, -0.2) is 56.0 Å². The Morgan fingerprint density at radius 2 is 1.45 bits per heavy atom. The van der Waals surface area contributed by atoms with Gasteiger partial charge in [0.25, 0.3) is 0 Å². The first kappa shape index (κ1) is 37.9. The number of anilines is 1. The molecular weight excluding hydrogens is 560 g/mol. The van der Waals surface area contributed by atoms with E-state index in [1.165, 1.54) is 25.3 Å². The molecule has 1 aromatic rings. The normalized spacial score (nSPS) is 12.5. The molecular formula is C35H50N2O7. The van der Waals surface area contributed by atoms with Crippen LogP contribution in [-0.2, 0) is 19.0 Å². The van der Waals surface area contributed by atoms with Crippen molar-refractivity contribution in [3.05, 3.63) is 84.5 Å². The number of phenolic OH excluding ortho intramolecular Hbond substituents is 1. The number of methoxy groups -OCH3 is 1. The largest absolute Gasteiger partial charge is 0.507 e. The van der Waals surface area contributed by atoms with Crippen LogP contribution in [0.15, 0.2) is 79.0 Å². The predicted octanol–water partition coefficient (Wildman–Crippen LogP) is 7.56. The first-order valence-corrected chi connectivity index (χ1v) is 15.4. The van der Waals surface area contributed by atoms with Gasteiger partial charge in [-0.25, -0.2) is 9.59 Å². The van der Waals surface area contributed by atoms with Crippen molar-refractivity contribution >= 4 is 23.7 Å². The van der Waals surface area contributed by atoms with Gasteiger partial charge in [0.1, 0.15) is 24.0 Å². The number of hydrogen-bond donors (Lipinski definition) is 3.